The summed E-state index contributed by atoms with van der Waals surface area (Å²) in [6.07, 6.45) is 22.3. The smallest absolute Gasteiger partial charge is 0.00261 e. The van der Waals surface area contributed by atoms with Crippen molar-refractivity contribution in [1.29, 1.82) is 0 Å². The first-order valence-corrected chi connectivity index (χ1v) is 17.2. The topological polar surface area (TPSA) is 0 Å². The first-order chi connectivity index (χ1) is 19.5. The Morgan fingerprint density at radius 3 is 1.02 bits per heavy atom. The van der Waals surface area contributed by atoms with E-state index in [9.17, 15) is 0 Å². The Balaban J connectivity index is 1.65. The van der Waals surface area contributed by atoms with Gasteiger partial charge in [-0.1, -0.05) is 101 Å². The largest absolute Gasteiger partial charge is 0.0732 e. The van der Waals surface area contributed by atoms with Crippen molar-refractivity contribution in [3.05, 3.63) is 90.2 Å². The van der Waals surface area contributed by atoms with Crippen molar-refractivity contribution in [2.75, 3.05) is 0 Å². The molecule has 216 valence electrons. The fraction of sp³-hybridized carbons (Fsp3) is 0.600. The number of rotatable bonds is 8. The number of hydrogen-bond acceptors (Lipinski definition) is 0. The van der Waals surface area contributed by atoms with Crippen LogP contribution < -0.4 is 0 Å². The molecule has 0 aromatic rings. The lowest BCUT2D eigenvalue weighted by Crippen LogP contribution is -2.02. The monoisotopic (exact) mass is 536 g/mol. The zero-order valence-electron chi connectivity index (χ0n) is 27.2. The van der Waals surface area contributed by atoms with Crippen LogP contribution >= 0.6 is 0 Å². The molecule has 0 amide bonds. The summed E-state index contributed by atoms with van der Waals surface area (Å²) in [6, 6.07) is 0. The highest BCUT2D eigenvalue weighted by Crippen LogP contribution is 2.51. The van der Waals surface area contributed by atoms with E-state index >= 15 is 0 Å². The maximum atomic E-state index is 2.75. The van der Waals surface area contributed by atoms with Crippen molar-refractivity contribution in [2.45, 2.75) is 145 Å². The molecule has 5 aliphatic rings. The van der Waals surface area contributed by atoms with Gasteiger partial charge in [-0.2, -0.15) is 0 Å². The molecular weight excluding hydrogens is 480 g/mol. The van der Waals surface area contributed by atoms with E-state index in [1.165, 1.54) is 89.9 Å². The second kappa shape index (κ2) is 12.4. The van der Waals surface area contributed by atoms with Crippen LogP contribution in [0.1, 0.15) is 145 Å². The third-order valence-electron chi connectivity index (χ3n) is 11.2. The van der Waals surface area contributed by atoms with E-state index in [2.05, 4.69) is 67.5 Å². The first-order valence-electron chi connectivity index (χ1n) is 17.2. The van der Waals surface area contributed by atoms with E-state index in [0.29, 0.717) is 11.8 Å². The van der Waals surface area contributed by atoms with E-state index in [1.807, 2.05) is 0 Å². The van der Waals surface area contributed by atoms with Crippen LogP contribution in [0, 0.1) is 11.8 Å². The molecule has 2 atom stereocenters. The van der Waals surface area contributed by atoms with Crippen LogP contribution in [0.5, 0.6) is 0 Å². The van der Waals surface area contributed by atoms with E-state index in [4.69, 9.17) is 0 Å². The van der Waals surface area contributed by atoms with Gasteiger partial charge in [0.05, 0.1) is 0 Å². The summed E-state index contributed by atoms with van der Waals surface area (Å²) in [4.78, 5) is 0. The fourth-order valence-electron chi connectivity index (χ4n) is 9.67. The summed E-state index contributed by atoms with van der Waals surface area (Å²) < 4.78 is 0. The summed E-state index contributed by atoms with van der Waals surface area (Å²) in [5.41, 5.74) is 24.2. The molecule has 0 heteroatoms. The van der Waals surface area contributed by atoms with Crippen molar-refractivity contribution in [3.8, 4) is 0 Å². The summed E-state index contributed by atoms with van der Waals surface area (Å²) in [7, 11) is 0. The second-order valence-electron chi connectivity index (χ2n) is 12.9. The third-order valence-corrected chi connectivity index (χ3v) is 11.2. The summed E-state index contributed by atoms with van der Waals surface area (Å²) in [6.45, 7) is 19.3. The molecule has 40 heavy (non-hydrogen) atoms. The molecule has 0 saturated heterocycles. The zero-order valence-corrected chi connectivity index (χ0v) is 27.2. The summed E-state index contributed by atoms with van der Waals surface area (Å²) in [5.74, 6) is 1.21. The molecule has 0 nitrogen and oxygen atoms in total. The zero-order chi connectivity index (χ0) is 28.6. The number of allylic oxidation sites excluding steroid dienone is 16. The Morgan fingerprint density at radius 1 is 0.400 bits per heavy atom. The Hall–Kier alpha value is -2.08. The average Bonchev–Trinajstić information content (AvgIpc) is 3.67. The Labute approximate surface area is 246 Å². The van der Waals surface area contributed by atoms with Gasteiger partial charge in [-0.05, 0) is 134 Å². The van der Waals surface area contributed by atoms with Crippen LogP contribution in [0.4, 0.5) is 0 Å². The van der Waals surface area contributed by atoms with Crippen LogP contribution in [-0.2, 0) is 0 Å². The number of hydrogen-bond donors (Lipinski definition) is 0. The Morgan fingerprint density at radius 2 is 0.725 bits per heavy atom. The maximum Gasteiger partial charge on any atom is 0.00261 e. The molecule has 0 spiro atoms. The van der Waals surface area contributed by atoms with Gasteiger partial charge in [0.2, 0.25) is 0 Å². The summed E-state index contributed by atoms with van der Waals surface area (Å²) >= 11 is 0. The lowest BCUT2D eigenvalue weighted by Gasteiger charge is -2.17. The van der Waals surface area contributed by atoms with Crippen LogP contribution in [0.15, 0.2) is 90.2 Å². The van der Waals surface area contributed by atoms with Gasteiger partial charge in [0, 0.05) is 11.8 Å². The molecule has 0 N–H and O–H groups in total. The van der Waals surface area contributed by atoms with Crippen LogP contribution in [0.3, 0.4) is 0 Å². The van der Waals surface area contributed by atoms with Gasteiger partial charge in [0.25, 0.3) is 0 Å². The first kappa shape index (κ1) is 29.4. The van der Waals surface area contributed by atoms with Crippen molar-refractivity contribution in [2.24, 2.45) is 11.8 Å². The maximum absolute atomic E-state index is 2.75. The molecule has 0 aromatic heterocycles. The minimum Gasteiger partial charge on any atom is -0.0732 e. The molecule has 2 unspecified atom stereocenters. The van der Waals surface area contributed by atoms with Crippen LogP contribution in [-0.4, -0.2) is 0 Å². The van der Waals surface area contributed by atoms with Crippen molar-refractivity contribution >= 4 is 0 Å². The molecule has 5 aliphatic carbocycles. The minimum absolute atomic E-state index is 0.606. The molecule has 0 aliphatic heterocycles. The van der Waals surface area contributed by atoms with Crippen LogP contribution in [0.25, 0.3) is 0 Å². The molecular formula is C40H56. The van der Waals surface area contributed by atoms with Gasteiger partial charge in [-0.25, -0.2) is 0 Å². The third kappa shape index (κ3) is 4.97. The standard InChI is InChI=1S/C40H56/c1-9-33-25-17-26(34(33)10-2)22-28-19-30(38(14-6)36(28)12-4)24-32-20-31(39(15-7)40(32)16-8)23-29-18-27(21-25)35(11-3)37(29)13-5/h17,20,25,32H,9-16,18-19,21-24H2,1-8H3. The van der Waals surface area contributed by atoms with E-state index in [0.717, 1.165) is 0 Å². The van der Waals surface area contributed by atoms with E-state index < -0.39 is 0 Å². The minimum atomic E-state index is 0.606. The fourth-order valence-corrected chi connectivity index (χ4v) is 9.67. The van der Waals surface area contributed by atoms with E-state index in [-0.39, 0.29) is 0 Å². The van der Waals surface area contributed by atoms with Gasteiger partial charge < -0.3 is 0 Å². The molecule has 5 rings (SSSR count). The van der Waals surface area contributed by atoms with Crippen molar-refractivity contribution in [1.82, 2.24) is 0 Å². The highest BCUT2D eigenvalue weighted by molar-refractivity contribution is 5.57. The van der Waals surface area contributed by atoms with Crippen LogP contribution in [0.2, 0.25) is 0 Å². The average molecular weight is 537 g/mol. The lowest BCUT2D eigenvalue weighted by molar-refractivity contribution is 0.701. The van der Waals surface area contributed by atoms with Crippen molar-refractivity contribution < 1.29 is 0 Å². The highest BCUT2D eigenvalue weighted by Gasteiger charge is 2.34. The molecule has 8 bridgehead atoms. The quantitative estimate of drug-likeness (QED) is 0.289. The Bertz CT molecular complexity index is 1200. The SMILES string of the molecule is CCC1=C2CC3=CC(CC4=C(CC)C(CC)=C(CC5=CC(CC(=C1CC)C2)C(CC)=C5CC)C4)C(CC)=C3CC. The second-order valence-corrected chi connectivity index (χ2v) is 12.9. The molecule has 0 aromatic carbocycles. The van der Waals surface area contributed by atoms with Gasteiger partial charge in [0.1, 0.15) is 0 Å². The van der Waals surface area contributed by atoms with Gasteiger partial charge in [0.15, 0.2) is 0 Å². The lowest BCUT2D eigenvalue weighted by atomic mass is 9.87. The summed E-state index contributed by atoms with van der Waals surface area (Å²) in [5, 5.41) is 0. The van der Waals surface area contributed by atoms with Crippen molar-refractivity contribution in [3.63, 3.8) is 0 Å². The van der Waals surface area contributed by atoms with Gasteiger partial charge in [-0.15, -0.1) is 0 Å². The molecule has 0 heterocycles. The molecule has 0 saturated carbocycles. The van der Waals surface area contributed by atoms with Gasteiger partial charge in [-0.3, -0.25) is 0 Å². The molecule has 0 fully saturated rings. The predicted octanol–water partition coefficient (Wildman–Crippen LogP) is 12.5. The normalized spacial score (nSPS) is 25.4. The molecule has 0 radical (unpaired) electrons. The van der Waals surface area contributed by atoms with E-state index in [1.54, 1.807) is 78.0 Å². The van der Waals surface area contributed by atoms with Gasteiger partial charge >= 0.3 is 0 Å². The number of fused-ring (bicyclic) bond motifs is 6. The predicted molar refractivity (Wildman–Crippen MR) is 175 cm³/mol. The highest BCUT2D eigenvalue weighted by atomic mass is 14.4. The Kier molecular flexibility index (Phi) is 9.14.